The first-order valence-corrected chi connectivity index (χ1v) is 11.2. The van der Waals surface area contributed by atoms with E-state index >= 15 is 0 Å². The number of nitrogens with one attached hydrogen (secondary N) is 2. The Morgan fingerprint density at radius 2 is 2.15 bits per heavy atom. The van der Waals surface area contributed by atoms with Crippen LogP contribution in [0, 0.1) is 11.3 Å². The molecule has 1 aliphatic rings. The van der Waals surface area contributed by atoms with Crippen LogP contribution in [-0.4, -0.2) is 58.7 Å². The molecule has 0 aromatic carbocycles. The molecule has 4 aromatic rings. The van der Waals surface area contributed by atoms with Gasteiger partial charge >= 0.3 is 11.7 Å². The molecule has 34 heavy (non-hydrogen) atoms. The lowest BCUT2D eigenvalue weighted by Gasteiger charge is -2.35. The Kier molecular flexibility index (Phi) is 5.08. The van der Waals surface area contributed by atoms with E-state index in [1.165, 1.54) is 0 Å². The Labute approximate surface area is 195 Å². The molecule has 174 valence electrons. The fourth-order valence-electron chi connectivity index (χ4n) is 4.36. The van der Waals surface area contributed by atoms with Crippen molar-refractivity contribution in [1.29, 1.82) is 5.26 Å². The summed E-state index contributed by atoms with van der Waals surface area (Å²) in [5.41, 5.74) is 2.25. The first-order chi connectivity index (χ1) is 16.2. The zero-order valence-corrected chi connectivity index (χ0v) is 19.2. The van der Waals surface area contributed by atoms with E-state index < -0.39 is 0 Å². The number of aromatic amines is 1. The molecule has 11 nitrogen and oxygen atoms in total. The van der Waals surface area contributed by atoms with E-state index in [-0.39, 0.29) is 23.3 Å². The highest BCUT2D eigenvalue weighted by Crippen LogP contribution is 2.26. The monoisotopic (exact) mass is 459 g/mol. The molecule has 4 aromatic heterocycles. The number of piperidine rings is 1. The van der Waals surface area contributed by atoms with Gasteiger partial charge in [0.05, 0.1) is 41.1 Å². The van der Waals surface area contributed by atoms with Gasteiger partial charge < -0.3 is 15.2 Å². The van der Waals surface area contributed by atoms with E-state index in [1.54, 1.807) is 44.7 Å². The average Bonchev–Trinajstić information content (AvgIpc) is 3.37. The zero-order chi connectivity index (χ0) is 24.0. The van der Waals surface area contributed by atoms with Crippen LogP contribution >= 0.6 is 0 Å². The number of likely N-dealkylation sites (tertiary alicyclic amines) is 1. The van der Waals surface area contributed by atoms with Crippen LogP contribution in [0.4, 0.5) is 4.79 Å². The fourth-order valence-corrected chi connectivity index (χ4v) is 4.36. The molecular weight excluding hydrogens is 434 g/mol. The number of aromatic nitrogens is 6. The van der Waals surface area contributed by atoms with Gasteiger partial charge in [-0.3, -0.25) is 4.57 Å². The van der Waals surface area contributed by atoms with Gasteiger partial charge in [-0.1, -0.05) is 0 Å². The summed E-state index contributed by atoms with van der Waals surface area (Å²) in [5.74, 6) is 0.406. The number of pyridine rings is 1. The highest BCUT2D eigenvalue weighted by atomic mass is 16.2. The van der Waals surface area contributed by atoms with Crippen LogP contribution in [0.15, 0.2) is 35.5 Å². The predicted molar refractivity (Wildman–Crippen MR) is 125 cm³/mol. The Morgan fingerprint density at radius 3 is 2.91 bits per heavy atom. The fraction of sp³-hybridized carbons (Fsp3) is 0.391. The Bertz CT molecular complexity index is 1500. The number of amides is 2. The number of carbonyl (C=O) groups is 1. The summed E-state index contributed by atoms with van der Waals surface area (Å²) in [6.07, 6.45) is 6.48. The minimum absolute atomic E-state index is 0.139. The van der Waals surface area contributed by atoms with Crippen molar-refractivity contribution < 1.29 is 4.79 Å². The first-order valence-electron chi connectivity index (χ1n) is 11.2. The van der Waals surface area contributed by atoms with Gasteiger partial charge in [-0.05, 0) is 45.7 Å². The summed E-state index contributed by atoms with van der Waals surface area (Å²) in [6, 6.07) is 5.19. The summed E-state index contributed by atoms with van der Waals surface area (Å²) in [6.45, 7) is 6.87. The van der Waals surface area contributed by atoms with Crippen molar-refractivity contribution in [3.63, 3.8) is 0 Å². The first kappa shape index (κ1) is 21.6. The minimum atomic E-state index is -0.344. The molecule has 11 heteroatoms. The quantitative estimate of drug-likeness (QED) is 0.472. The van der Waals surface area contributed by atoms with Crippen molar-refractivity contribution in [2.24, 2.45) is 0 Å². The number of carbonyl (C=O) groups excluding carboxylic acids is 1. The third-order valence-electron chi connectivity index (χ3n) is 5.88. The minimum Gasteiger partial charge on any atom is -0.333 e. The maximum atomic E-state index is 12.9. The lowest BCUT2D eigenvalue weighted by Crippen LogP contribution is -2.52. The van der Waals surface area contributed by atoms with Crippen molar-refractivity contribution in [2.45, 2.75) is 45.2 Å². The van der Waals surface area contributed by atoms with E-state index in [2.05, 4.69) is 26.5 Å². The van der Waals surface area contributed by atoms with Gasteiger partial charge in [-0.2, -0.15) is 10.4 Å². The molecule has 0 aliphatic carbocycles. The van der Waals surface area contributed by atoms with E-state index in [0.717, 1.165) is 12.8 Å². The van der Waals surface area contributed by atoms with Crippen molar-refractivity contribution in [3.8, 4) is 17.5 Å². The van der Waals surface area contributed by atoms with Gasteiger partial charge in [-0.25, -0.2) is 24.1 Å². The van der Waals surface area contributed by atoms with Crippen LogP contribution in [0.5, 0.6) is 0 Å². The number of nitrogens with zero attached hydrogens (tertiary/aromatic N) is 7. The van der Waals surface area contributed by atoms with Gasteiger partial charge in [0.1, 0.15) is 5.52 Å². The predicted octanol–water partition coefficient (Wildman–Crippen LogP) is 2.45. The Hall–Kier alpha value is -4.20. The molecule has 1 saturated heterocycles. The number of hydrogen-bond acceptors (Lipinski definition) is 6. The second kappa shape index (κ2) is 7.98. The second-order valence-corrected chi connectivity index (χ2v) is 9.57. The lowest BCUT2D eigenvalue weighted by atomic mass is 10.1. The highest BCUT2D eigenvalue weighted by molar-refractivity contribution is 5.80. The molecule has 5 heterocycles. The third-order valence-corrected chi connectivity index (χ3v) is 5.88. The number of hydrogen-bond donors (Lipinski definition) is 2. The van der Waals surface area contributed by atoms with Crippen molar-refractivity contribution >= 4 is 22.7 Å². The van der Waals surface area contributed by atoms with Crippen molar-refractivity contribution in [2.75, 3.05) is 13.1 Å². The van der Waals surface area contributed by atoms with Crippen molar-refractivity contribution in [1.82, 2.24) is 39.3 Å². The molecule has 2 N–H and O–H groups in total. The summed E-state index contributed by atoms with van der Waals surface area (Å²) >= 11 is 0. The third kappa shape index (κ3) is 3.87. The summed E-state index contributed by atoms with van der Waals surface area (Å²) < 4.78 is 3.28. The number of urea groups is 1. The maximum absolute atomic E-state index is 12.9. The average molecular weight is 460 g/mol. The van der Waals surface area contributed by atoms with Gasteiger partial charge in [0.15, 0.2) is 11.5 Å². The molecule has 2 amide bonds. The molecule has 0 radical (unpaired) electrons. The smallest absolute Gasteiger partial charge is 0.328 e. The largest absolute Gasteiger partial charge is 0.333 e. The lowest BCUT2D eigenvalue weighted by molar-refractivity contribution is 0.159. The van der Waals surface area contributed by atoms with Crippen LogP contribution in [-0.2, 0) is 0 Å². The van der Waals surface area contributed by atoms with Crippen LogP contribution in [0.2, 0.25) is 0 Å². The van der Waals surface area contributed by atoms with Gasteiger partial charge in [0, 0.05) is 24.8 Å². The molecule has 5 rings (SSSR count). The summed E-state index contributed by atoms with van der Waals surface area (Å²) in [4.78, 5) is 39.4. The Balaban J connectivity index is 1.53. The van der Waals surface area contributed by atoms with E-state index in [0.29, 0.717) is 46.7 Å². The molecule has 0 bridgehead atoms. The normalized spacial score (nSPS) is 16.6. The number of fused-ring (bicyclic) bond motifs is 2. The topological polar surface area (TPSA) is 137 Å². The highest BCUT2D eigenvalue weighted by Gasteiger charge is 2.29. The van der Waals surface area contributed by atoms with Gasteiger partial charge in [-0.15, -0.1) is 0 Å². The summed E-state index contributed by atoms with van der Waals surface area (Å²) in [5, 5.41) is 16.6. The van der Waals surface area contributed by atoms with Crippen molar-refractivity contribution in [3.05, 3.63) is 46.8 Å². The molecule has 1 aliphatic heterocycles. The molecule has 1 unspecified atom stereocenters. The molecule has 1 fully saturated rings. The standard InChI is InChI=1S/C23H25N9O2/c1-23(2,3)29-22(34)30-7-4-5-15(13-30)32-20-17(27-21(32)33)12-25-19(28-20)16-11-26-31-8-6-14(10-24)9-18(16)31/h6,8-9,11-12,15H,4-5,7,13H2,1-3H3,(H,27,33)(H,29,34). The second-order valence-electron chi connectivity index (χ2n) is 9.57. The molecule has 0 spiro atoms. The Morgan fingerprint density at radius 1 is 1.32 bits per heavy atom. The van der Waals surface area contributed by atoms with Crippen LogP contribution < -0.4 is 11.0 Å². The number of H-pyrrole nitrogens is 1. The van der Waals surface area contributed by atoms with Gasteiger partial charge in [0.25, 0.3) is 0 Å². The van der Waals surface area contributed by atoms with Crippen LogP contribution in [0.25, 0.3) is 28.1 Å². The SMILES string of the molecule is CC(C)(C)NC(=O)N1CCCC(n2c(=O)[nH]c3cnc(-c4cnn5ccc(C#N)cc45)nc32)C1. The molecule has 1 atom stereocenters. The number of rotatable bonds is 2. The van der Waals surface area contributed by atoms with Crippen LogP contribution in [0.1, 0.15) is 45.2 Å². The maximum Gasteiger partial charge on any atom is 0.328 e. The zero-order valence-electron chi connectivity index (χ0n) is 19.2. The summed E-state index contributed by atoms with van der Waals surface area (Å²) in [7, 11) is 0. The van der Waals surface area contributed by atoms with Crippen LogP contribution in [0.3, 0.4) is 0 Å². The number of imidazole rings is 1. The van der Waals surface area contributed by atoms with E-state index in [9.17, 15) is 14.9 Å². The molecular formula is C23H25N9O2. The van der Waals surface area contributed by atoms with E-state index in [4.69, 9.17) is 4.98 Å². The molecule has 0 saturated carbocycles. The number of nitriles is 1. The van der Waals surface area contributed by atoms with E-state index in [1.807, 2.05) is 20.8 Å². The van der Waals surface area contributed by atoms with Gasteiger partial charge in [0.2, 0.25) is 0 Å².